The maximum atomic E-state index is 11.3. The van der Waals surface area contributed by atoms with Crippen LogP contribution in [0.4, 0.5) is 0 Å². The minimum Gasteiger partial charge on any atom is -0.423 e. The number of hydrogen-bond donors (Lipinski definition) is 0. The smallest absolute Gasteiger partial charge is 0.322 e. The fourth-order valence-electron chi connectivity index (χ4n) is 1.52. The van der Waals surface area contributed by atoms with E-state index in [4.69, 9.17) is 39.5 Å². The molecule has 0 radical (unpaired) electrons. The van der Waals surface area contributed by atoms with Crippen molar-refractivity contribution in [2.24, 2.45) is 0 Å². The van der Waals surface area contributed by atoms with E-state index < -0.39 is 0 Å². The molecule has 1 heterocycles. The molecular weight excluding hydrogens is 323 g/mol. The number of halogens is 3. The second-order valence-electron chi connectivity index (χ2n) is 4.01. The predicted octanol–water partition coefficient (Wildman–Crippen LogP) is 4.74. The first kappa shape index (κ1) is 15.0. The lowest BCUT2D eigenvalue weighted by Crippen LogP contribution is -2.02. The second-order valence-corrected chi connectivity index (χ2v) is 5.23. The molecule has 1 aromatic carbocycles. The largest absolute Gasteiger partial charge is 0.423 e. The van der Waals surface area contributed by atoms with Crippen LogP contribution in [0.2, 0.25) is 15.1 Å². The average molecular weight is 332 g/mol. The molecule has 0 fully saturated rings. The molecule has 7 heteroatoms. The van der Waals surface area contributed by atoms with Crippen molar-refractivity contribution in [3.05, 3.63) is 44.7 Å². The summed E-state index contributed by atoms with van der Waals surface area (Å²) in [7, 11) is 0. The summed E-state index contributed by atoms with van der Waals surface area (Å²) in [5.74, 6) is 0.178. The van der Waals surface area contributed by atoms with E-state index >= 15 is 0 Å². The van der Waals surface area contributed by atoms with Crippen molar-refractivity contribution < 1.29 is 9.53 Å². The Hall–Kier alpha value is -1.36. The van der Waals surface area contributed by atoms with E-state index in [0.29, 0.717) is 21.3 Å². The van der Waals surface area contributed by atoms with Gasteiger partial charge >= 0.3 is 6.01 Å². The molecule has 20 heavy (non-hydrogen) atoms. The maximum absolute atomic E-state index is 11.3. The van der Waals surface area contributed by atoms with E-state index in [-0.39, 0.29) is 22.6 Å². The Balaban J connectivity index is 2.33. The van der Waals surface area contributed by atoms with E-state index in [9.17, 15) is 4.79 Å². The summed E-state index contributed by atoms with van der Waals surface area (Å²) in [5.41, 5.74) is 0.969. The Morgan fingerprint density at radius 3 is 2.40 bits per heavy atom. The Morgan fingerprint density at radius 1 is 1.15 bits per heavy atom. The van der Waals surface area contributed by atoms with Crippen LogP contribution in [0.1, 0.15) is 23.0 Å². The van der Waals surface area contributed by atoms with Gasteiger partial charge in [-0.3, -0.25) is 4.79 Å². The van der Waals surface area contributed by atoms with Gasteiger partial charge in [-0.25, -0.2) is 4.98 Å². The number of Topliss-reactive ketones (excluding diaryl/α,β-unsaturated/α-hetero) is 1. The summed E-state index contributed by atoms with van der Waals surface area (Å²) in [6.07, 6.45) is 1.41. The van der Waals surface area contributed by atoms with E-state index in [1.165, 1.54) is 25.3 Å². The van der Waals surface area contributed by atoms with Crippen molar-refractivity contribution in [1.29, 1.82) is 0 Å². The van der Waals surface area contributed by atoms with Crippen LogP contribution in [0, 0.1) is 6.92 Å². The normalized spacial score (nSPS) is 10.4. The van der Waals surface area contributed by atoms with Crippen LogP contribution < -0.4 is 4.74 Å². The van der Waals surface area contributed by atoms with Crippen molar-refractivity contribution in [3.8, 4) is 11.8 Å². The van der Waals surface area contributed by atoms with Crippen LogP contribution in [-0.4, -0.2) is 15.8 Å². The molecule has 0 aliphatic rings. The first-order valence-electron chi connectivity index (χ1n) is 5.55. The number of ketones is 1. The molecule has 2 rings (SSSR count). The number of benzene rings is 1. The summed E-state index contributed by atoms with van der Waals surface area (Å²) in [6, 6.07) is 3.02. The van der Waals surface area contributed by atoms with Gasteiger partial charge in [0, 0.05) is 12.3 Å². The van der Waals surface area contributed by atoms with Gasteiger partial charge in [-0.1, -0.05) is 34.8 Å². The molecule has 2 aromatic rings. The first-order valence-corrected chi connectivity index (χ1v) is 6.69. The van der Waals surface area contributed by atoms with Crippen molar-refractivity contribution in [2.45, 2.75) is 13.8 Å². The number of ether oxygens (including phenoxy) is 1. The fourth-order valence-corrected chi connectivity index (χ4v) is 2.10. The molecule has 0 unspecified atom stereocenters. The standard InChI is InChI=1S/C13H9Cl3N2O2/c1-6-8(7(2)19)5-17-13(18-6)20-12-4-10(15)9(14)3-11(12)16/h3-5H,1-2H3. The van der Waals surface area contributed by atoms with Gasteiger partial charge in [0.1, 0.15) is 0 Å². The van der Waals surface area contributed by atoms with E-state index in [1.54, 1.807) is 6.92 Å². The first-order chi connectivity index (χ1) is 9.38. The van der Waals surface area contributed by atoms with Crippen LogP contribution in [0.5, 0.6) is 11.8 Å². The predicted molar refractivity (Wildman–Crippen MR) is 78.3 cm³/mol. The summed E-state index contributed by atoms with van der Waals surface area (Å²) >= 11 is 17.7. The lowest BCUT2D eigenvalue weighted by molar-refractivity contribution is 0.101. The van der Waals surface area contributed by atoms with Gasteiger partial charge < -0.3 is 4.74 Å². The second kappa shape index (κ2) is 5.95. The van der Waals surface area contributed by atoms with Gasteiger partial charge in [0.05, 0.1) is 26.3 Å². The summed E-state index contributed by atoms with van der Waals surface area (Å²) in [6.45, 7) is 3.14. The molecule has 0 spiro atoms. The number of hydrogen-bond acceptors (Lipinski definition) is 4. The highest BCUT2D eigenvalue weighted by Gasteiger charge is 2.12. The van der Waals surface area contributed by atoms with E-state index in [2.05, 4.69) is 9.97 Å². The lowest BCUT2D eigenvalue weighted by Gasteiger charge is -2.08. The fraction of sp³-hybridized carbons (Fsp3) is 0.154. The summed E-state index contributed by atoms with van der Waals surface area (Å²) in [5, 5.41) is 0.924. The van der Waals surface area contributed by atoms with Gasteiger partial charge in [0.2, 0.25) is 0 Å². The molecule has 0 saturated carbocycles. The lowest BCUT2D eigenvalue weighted by atomic mass is 10.2. The number of carbonyl (C=O) groups is 1. The minimum absolute atomic E-state index is 0.0767. The third kappa shape index (κ3) is 3.20. The topological polar surface area (TPSA) is 52.1 Å². The molecular formula is C13H9Cl3N2O2. The SMILES string of the molecule is CC(=O)c1cnc(Oc2cc(Cl)c(Cl)cc2Cl)nc1C. The van der Waals surface area contributed by atoms with Crippen molar-refractivity contribution in [1.82, 2.24) is 9.97 Å². The van der Waals surface area contributed by atoms with Gasteiger partial charge in [-0.15, -0.1) is 0 Å². The van der Waals surface area contributed by atoms with Crippen LogP contribution >= 0.6 is 34.8 Å². The minimum atomic E-state index is -0.110. The number of rotatable bonds is 3. The number of carbonyl (C=O) groups excluding carboxylic acids is 1. The number of aromatic nitrogens is 2. The van der Waals surface area contributed by atoms with Crippen LogP contribution in [0.3, 0.4) is 0 Å². The Kier molecular flexibility index (Phi) is 4.48. The molecule has 1 aromatic heterocycles. The molecule has 0 N–H and O–H groups in total. The Morgan fingerprint density at radius 2 is 1.80 bits per heavy atom. The molecule has 0 bridgehead atoms. The monoisotopic (exact) mass is 330 g/mol. The van der Waals surface area contributed by atoms with Crippen LogP contribution in [0.15, 0.2) is 18.3 Å². The molecule has 0 atom stereocenters. The quantitative estimate of drug-likeness (QED) is 0.602. The Bertz CT molecular complexity index is 690. The molecule has 0 saturated heterocycles. The third-order valence-corrected chi connectivity index (χ3v) is 3.53. The van der Waals surface area contributed by atoms with Gasteiger partial charge in [-0.2, -0.15) is 4.98 Å². The van der Waals surface area contributed by atoms with E-state index in [0.717, 1.165) is 0 Å². The molecule has 104 valence electrons. The van der Waals surface area contributed by atoms with Crippen LogP contribution in [-0.2, 0) is 0 Å². The zero-order chi connectivity index (χ0) is 14.9. The highest BCUT2D eigenvalue weighted by atomic mass is 35.5. The zero-order valence-electron chi connectivity index (χ0n) is 10.6. The van der Waals surface area contributed by atoms with Gasteiger partial charge in [0.15, 0.2) is 11.5 Å². The molecule has 0 amide bonds. The number of nitrogens with zero attached hydrogens (tertiary/aromatic N) is 2. The van der Waals surface area contributed by atoms with Crippen LogP contribution in [0.25, 0.3) is 0 Å². The van der Waals surface area contributed by atoms with E-state index in [1.807, 2.05) is 0 Å². The summed E-state index contributed by atoms with van der Waals surface area (Å²) in [4.78, 5) is 19.4. The van der Waals surface area contributed by atoms with Crippen molar-refractivity contribution in [3.63, 3.8) is 0 Å². The molecule has 0 aliphatic heterocycles. The van der Waals surface area contributed by atoms with Gasteiger partial charge in [0.25, 0.3) is 0 Å². The third-order valence-electron chi connectivity index (χ3n) is 2.51. The number of aryl methyl sites for hydroxylation is 1. The highest BCUT2D eigenvalue weighted by Crippen LogP contribution is 2.35. The average Bonchev–Trinajstić information content (AvgIpc) is 2.35. The summed E-state index contributed by atoms with van der Waals surface area (Å²) < 4.78 is 5.45. The maximum Gasteiger partial charge on any atom is 0.322 e. The zero-order valence-corrected chi connectivity index (χ0v) is 12.8. The Labute approximate surface area is 130 Å². The van der Waals surface area contributed by atoms with Gasteiger partial charge in [-0.05, 0) is 19.9 Å². The van der Waals surface area contributed by atoms with Crippen molar-refractivity contribution >= 4 is 40.6 Å². The highest BCUT2D eigenvalue weighted by molar-refractivity contribution is 6.43. The van der Waals surface area contributed by atoms with Crippen molar-refractivity contribution in [2.75, 3.05) is 0 Å². The molecule has 0 aliphatic carbocycles. The molecule has 4 nitrogen and oxygen atoms in total.